The second-order valence-corrected chi connectivity index (χ2v) is 12.7. The number of aliphatic hydroxyl groups excluding tert-OH is 2. The number of hydrogen-bond donors (Lipinski definition) is 2. The van der Waals surface area contributed by atoms with Gasteiger partial charge in [-0.2, -0.15) is 0 Å². The largest absolute Gasteiger partial charge is 0.393 e. The van der Waals surface area contributed by atoms with Gasteiger partial charge in [0.05, 0.1) is 18.8 Å². The Hall–Kier alpha value is -1.16. The van der Waals surface area contributed by atoms with Crippen LogP contribution < -0.4 is 0 Å². The van der Waals surface area contributed by atoms with Crippen LogP contribution in [-0.2, 0) is 4.74 Å². The summed E-state index contributed by atoms with van der Waals surface area (Å²) < 4.78 is 6.34. The van der Waals surface area contributed by atoms with Gasteiger partial charge in [-0.3, -0.25) is 0 Å². The summed E-state index contributed by atoms with van der Waals surface area (Å²) in [4.78, 5) is 0. The predicted molar refractivity (Wildman–Crippen MR) is 140 cm³/mol. The second kappa shape index (κ2) is 10.4. The molecule has 34 heavy (non-hydrogen) atoms. The highest BCUT2D eigenvalue weighted by Gasteiger charge is 2.50. The first-order valence-electron chi connectivity index (χ1n) is 13.8. The molecule has 0 amide bonds. The van der Waals surface area contributed by atoms with E-state index < -0.39 is 12.2 Å². The molecule has 3 nitrogen and oxygen atoms in total. The van der Waals surface area contributed by atoms with E-state index in [2.05, 4.69) is 52.5 Å². The Kier molecular flexibility index (Phi) is 7.96. The number of aliphatic hydroxyl groups is 2. The lowest BCUT2D eigenvalue weighted by Crippen LogP contribution is -2.37. The van der Waals surface area contributed by atoms with Crippen molar-refractivity contribution in [2.45, 2.75) is 104 Å². The van der Waals surface area contributed by atoms with E-state index in [-0.39, 0.29) is 0 Å². The zero-order valence-corrected chi connectivity index (χ0v) is 22.1. The molecule has 3 saturated carbocycles. The number of hydrogen-bond acceptors (Lipinski definition) is 3. The predicted octanol–water partition coefficient (Wildman–Crippen LogP) is 6.92. The van der Waals surface area contributed by atoms with Gasteiger partial charge in [-0.05, 0) is 103 Å². The fourth-order valence-electron chi connectivity index (χ4n) is 7.66. The fraction of sp³-hybridized carbons (Fsp3) is 0.742. The molecule has 0 aromatic heterocycles. The third-order valence-electron chi connectivity index (χ3n) is 9.89. The van der Waals surface area contributed by atoms with Gasteiger partial charge >= 0.3 is 0 Å². The Morgan fingerprint density at radius 2 is 1.94 bits per heavy atom. The minimum Gasteiger partial charge on any atom is -0.393 e. The smallest absolute Gasteiger partial charge is 0.0811 e. The van der Waals surface area contributed by atoms with Crippen LogP contribution in [0.4, 0.5) is 0 Å². The topological polar surface area (TPSA) is 49.7 Å². The molecule has 0 radical (unpaired) electrons. The maximum Gasteiger partial charge on any atom is 0.0811 e. The van der Waals surface area contributed by atoms with Gasteiger partial charge in [0.15, 0.2) is 0 Å². The van der Waals surface area contributed by atoms with Gasteiger partial charge in [-0.1, -0.05) is 58.1 Å². The van der Waals surface area contributed by atoms with Crippen LogP contribution in [-0.4, -0.2) is 35.6 Å². The van der Waals surface area contributed by atoms with Gasteiger partial charge in [-0.15, -0.1) is 0 Å². The van der Waals surface area contributed by atoms with Crippen molar-refractivity contribution in [2.24, 2.45) is 28.6 Å². The van der Waals surface area contributed by atoms with Crippen LogP contribution in [0.25, 0.3) is 0 Å². The Balaban J connectivity index is 1.40. The van der Waals surface area contributed by atoms with Crippen molar-refractivity contribution in [3.63, 3.8) is 0 Å². The summed E-state index contributed by atoms with van der Waals surface area (Å²) in [6, 6.07) is 0. The Bertz CT molecular complexity index is 847. The normalized spacial score (nSPS) is 39.2. The van der Waals surface area contributed by atoms with Crippen molar-refractivity contribution in [3.05, 3.63) is 47.1 Å². The van der Waals surface area contributed by atoms with E-state index in [1.54, 1.807) is 5.57 Å². The van der Waals surface area contributed by atoms with E-state index in [0.717, 1.165) is 24.4 Å². The average Bonchev–Trinajstić information content (AvgIpc) is 3.13. The molecule has 3 fully saturated rings. The summed E-state index contributed by atoms with van der Waals surface area (Å²) in [5.41, 5.74) is 5.50. The zero-order chi connectivity index (χ0) is 24.5. The lowest BCUT2D eigenvalue weighted by atomic mass is 9.61. The standard InChI is InChI=1S/C31H48O3/c1-21(19-34-20-25-10-6-7-15-30(25,3)4)27-13-14-28-23(9-8-16-31(27,28)5)11-12-24-17-26(32)18-29(33)22(24)2/h10-12,21,26-29,32-33H,2,6-9,13-20H2,1,3-5H3/t21-,26-,27-,28+,29+,31-/m1/s1. The molecule has 4 rings (SSSR count). The molecule has 0 aromatic carbocycles. The first-order chi connectivity index (χ1) is 16.1. The Morgan fingerprint density at radius 1 is 1.15 bits per heavy atom. The molecule has 0 saturated heterocycles. The highest BCUT2D eigenvalue weighted by molar-refractivity contribution is 5.38. The van der Waals surface area contributed by atoms with Gasteiger partial charge < -0.3 is 14.9 Å². The molecule has 4 aliphatic rings. The quantitative estimate of drug-likeness (QED) is 0.416. The molecule has 4 aliphatic carbocycles. The average molecular weight is 469 g/mol. The summed E-state index contributed by atoms with van der Waals surface area (Å²) in [5.74, 6) is 1.91. The molecule has 0 aliphatic heterocycles. The van der Waals surface area contributed by atoms with Gasteiger partial charge in [0.25, 0.3) is 0 Å². The van der Waals surface area contributed by atoms with Crippen molar-refractivity contribution in [3.8, 4) is 0 Å². The number of fused-ring (bicyclic) bond motifs is 1. The lowest BCUT2D eigenvalue weighted by molar-refractivity contribution is 0.0373. The fourth-order valence-corrected chi connectivity index (χ4v) is 7.66. The minimum absolute atomic E-state index is 0.291. The second-order valence-electron chi connectivity index (χ2n) is 12.7. The van der Waals surface area contributed by atoms with Crippen molar-refractivity contribution in [1.29, 1.82) is 0 Å². The van der Waals surface area contributed by atoms with Crippen molar-refractivity contribution >= 4 is 0 Å². The summed E-state index contributed by atoms with van der Waals surface area (Å²) in [6.07, 6.45) is 16.9. The molecule has 6 atom stereocenters. The minimum atomic E-state index is -0.614. The van der Waals surface area contributed by atoms with Crippen LogP contribution in [0, 0.1) is 28.6 Å². The van der Waals surface area contributed by atoms with Crippen molar-refractivity contribution in [1.82, 2.24) is 0 Å². The van der Waals surface area contributed by atoms with Gasteiger partial charge in [0.1, 0.15) is 0 Å². The highest BCUT2D eigenvalue weighted by atomic mass is 16.5. The van der Waals surface area contributed by atoms with E-state index in [0.29, 0.717) is 41.4 Å². The highest BCUT2D eigenvalue weighted by Crippen LogP contribution is 2.59. The van der Waals surface area contributed by atoms with Gasteiger partial charge in [0, 0.05) is 13.0 Å². The molecule has 190 valence electrons. The van der Waals surface area contributed by atoms with E-state index in [4.69, 9.17) is 4.74 Å². The number of allylic oxidation sites excluding steroid dienone is 4. The van der Waals surface area contributed by atoms with Crippen LogP contribution in [0.5, 0.6) is 0 Å². The lowest BCUT2D eigenvalue weighted by Gasteiger charge is -2.44. The van der Waals surface area contributed by atoms with Crippen LogP contribution in [0.3, 0.4) is 0 Å². The molecule has 0 spiro atoms. The van der Waals surface area contributed by atoms with Crippen LogP contribution >= 0.6 is 0 Å². The Labute approximate surface area is 208 Å². The summed E-state index contributed by atoms with van der Waals surface area (Å²) >= 11 is 0. The third kappa shape index (κ3) is 5.32. The molecular weight excluding hydrogens is 420 g/mol. The zero-order valence-electron chi connectivity index (χ0n) is 22.1. The number of rotatable bonds is 6. The van der Waals surface area contributed by atoms with E-state index >= 15 is 0 Å². The van der Waals surface area contributed by atoms with E-state index in [9.17, 15) is 10.2 Å². The molecule has 0 unspecified atom stereocenters. The summed E-state index contributed by atoms with van der Waals surface area (Å²) in [7, 11) is 0. The van der Waals surface area contributed by atoms with Crippen molar-refractivity contribution < 1.29 is 14.9 Å². The van der Waals surface area contributed by atoms with Crippen LogP contribution in [0.15, 0.2) is 47.1 Å². The first kappa shape index (κ1) is 25.9. The van der Waals surface area contributed by atoms with Crippen LogP contribution in [0.2, 0.25) is 0 Å². The molecule has 2 N–H and O–H groups in total. The number of ether oxygens (including phenoxy) is 1. The molecular formula is C31H48O3. The Morgan fingerprint density at radius 3 is 2.71 bits per heavy atom. The van der Waals surface area contributed by atoms with E-state index in [1.165, 1.54) is 56.9 Å². The SMILES string of the molecule is C=C1C(=CC=C2CCC[C@]3(C)[C@@H]([C@H](C)COCC4=CCCCC4(C)C)CC[C@@H]23)C[C@@H](O)C[C@@H]1O. The summed E-state index contributed by atoms with van der Waals surface area (Å²) in [6.45, 7) is 15.4. The molecule has 0 bridgehead atoms. The molecule has 3 heteroatoms. The maximum atomic E-state index is 10.2. The summed E-state index contributed by atoms with van der Waals surface area (Å²) in [5, 5.41) is 20.3. The monoisotopic (exact) mass is 468 g/mol. The first-order valence-corrected chi connectivity index (χ1v) is 13.8. The van der Waals surface area contributed by atoms with Gasteiger partial charge in [-0.25, -0.2) is 0 Å². The third-order valence-corrected chi connectivity index (χ3v) is 9.89. The maximum absolute atomic E-state index is 10.2. The van der Waals surface area contributed by atoms with E-state index in [1.807, 2.05) is 0 Å². The van der Waals surface area contributed by atoms with Gasteiger partial charge in [0.2, 0.25) is 0 Å². The van der Waals surface area contributed by atoms with Crippen molar-refractivity contribution in [2.75, 3.05) is 13.2 Å². The molecule has 0 aromatic rings. The molecule has 0 heterocycles. The van der Waals surface area contributed by atoms with Crippen LogP contribution in [0.1, 0.15) is 91.9 Å².